The maximum Gasteiger partial charge on any atom is 0.248 e. The Kier molecular flexibility index (Phi) is 4.25. The Hall–Kier alpha value is -2.93. The average Bonchev–Trinajstić information content (AvgIpc) is 2.47. The number of nitriles is 1. The van der Waals surface area contributed by atoms with Gasteiger partial charge in [0.2, 0.25) is 5.91 Å². The van der Waals surface area contributed by atoms with E-state index in [4.69, 9.17) is 5.26 Å². The van der Waals surface area contributed by atoms with Crippen molar-refractivity contribution in [1.82, 2.24) is 0 Å². The fourth-order valence-electron chi connectivity index (χ4n) is 1.56. The number of carbonyl (C=O) groups excluding carboxylic acids is 1. The lowest BCUT2D eigenvalue weighted by molar-refractivity contribution is -0.111. The molecule has 98 valence electrons. The van der Waals surface area contributed by atoms with Gasteiger partial charge in [-0.1, -0.05) is 12.1 Å². The first kappa shape index (κ1) is 13.5. The third-order valence-corrected chi connectivity index (χ3v) is 2.58. The summed E-state index contributed by atoms with van der Waals surface area (Å²) in [6, 6.07) is 14.4. The van der Waals surface area contributed by atoms with Gasteiger partial charge in [-0.25, -0.2) is 4.39 Å². The number of nitrogens with zero attached hydrogens (tertiary/aromatic N) is 1. The predicted octanol–water partition coefficient (Wildman–Crippen LogP) is 3.35. The molecule has 0 aliphatic heterocycles. The molecule has 1 N–H and O–H groups in total. The largest absolute Gasteiger partial charge is 0.323 e. The molecular weight excluding hydrogens is 255 g/mol. The molecule has 0 atom stereocenters. The van der Waals surface area contributed by atoms with E-state index in [1.165, 1.54) is 18.2 Å². The molecule has 4 heteroatoms. The fourth-order valence-corrected chi connectivity index (χ4v) is 1.56. The molecule has 0 aromatic heterocycles. The number of carbonyl (C=O) groups is 1. The highest BCUT2D eigenvalue weighted by Crippen LogP contribution is 2.09. The van der Waals surface area contributed by atoms with E-state index in [1.54, 1.807) is 42.5 Å². The Labute approximate surface area is 116 Å². The van der Waals surface area contributed by atoms with E-state index in [1.807, 2.05) is 6.07 Å². The van der Waals surface area contributed by atoms with Crippen LogP contribution in [0, 0.1) is 17.1 Å². The molecule has 2 rings (SSSR count). The van der Waals surface area contributed by atoms with Gasteiger partial charge in [-0.2, -0.15) is 5.26 Å². The van der Waals surface area contributed by atoms with Crippen LogP contribution in [-0.4, -0.2) is 5.91 Å². The number of anilines is 1. The molecule has 0 saturated carbocycles. The van der Waals surface area contributed by atoms with Crippen LogP contribution in [0.25, 0.3) is 6.08 Å². The van der Waals surface area contributed by atoms with Crippen LogP contribution >= 0.6 is 0 Å². The van der Waals surface area contributed by atoms with Gasteiger partial charge in [0.25, 0.3) is 0 Å². The first-order valence-electron chi connectivity index (χ1n) is 5.92. The third kappa shape index (κ3) is 3.79. The van der Waals surface area contributed by atoms with E-state index >= 15 is 0 Å². The molecule has 0 bridgehead atoms. The summed E-state index contributed by atoms with van der Waals surface area (Å²) >= 11 is 0. The molecule has 0 aliphatic rings. The highest BCUT2D eigenvalue weighted by Gasteiger charge is 1.98. The maximum atomic E-state index is 12.7. The number of amides is 1. The van der Waals surface area contributed by atoms with Gasteiger partial charge < -0.3 is 5.32 Å². The Morgan fingerprint density at radius 3 is 2.35 bits per heavy atom. The Balaban J connectivity index is 1.98. The lowest BCUT2D eigenvalue weighted by Crippen LogP contribution is -2.07. The van der Waals surface area contributed by atoms with E-state index in [-0.39, 0.29) is 11.7 Å². The molecule has 1 amide bonds. The summed E-state index contributed by atoms with van der Waals surface area (Å²) in [4.78, 5) is 11.7. The lowest BCUT2D eigenvalue weighted by Gasteiger charge is -2.01. The van der Waals surface area contributed by atoms with Gasteiger partial charge in [0.1, 0.15) is 5.82 Å². The van der Waals surface area contributed by atoms with Crippen LogP contribution in [0.4, 0.5) is 10.1 Å². The minimum Gasteiger partial charge on any atom is -0.323 e. The normalized spacial score (nSPS) is 10.2. The summed E-state index contributed by atoms with van der Waals surface area (Å²) in [5.74, 6) is -0.608. The van der Waals surface area contributed by atoms with Crippen molar-refractivity contribution in [3.8, 4) is 6.07 Å². The molecule has 20 heavy (non-hydrogen) atoms. The van der Waals surface area contributed by atoms with Crippen LogP contribution in [0.15, 0.2) is 54.6 Å². The number of nitrogens with one attached hydrogen (secondary N) is 1. The van der Waals surface area contributed by atoms with Crippen LogP contribution in [0.3, 0.4) is 0 Å². The van der Waals surface area contributed by atoms with Crippen LogP contribution < -0.4 is 5.32 Å². The first-order valence-corrected chi connectivity index (χ1v) is 5.92. The van der Waals surface area contributed by atoms with Crippen molar-refractivity contribution in [3.05, 3.63) is 71.6 Å². The van der Waals surface area contributed by atoms with Gasteiger partial charge in [0.05, 0.1) is 11.6 Å². The van der Waals surface area contributed by atoms with Crippen molar-refractivity contribution in [2.24, 2.45) is 0 Å². The molecule has 0 radical (unpaired) electrons. The van der Waals surface area contributed by atoms with Crippen molar-refractivity contribution in [3.63, 3.8) is 0 Å². The highest BCUT2D eigenvalue weighted by atomic mass is 19.1. The van der Waals surface area contributed by atoms with Crippen molar-refractivity contribution in [1.29, 1.82) is 5.26 Å². The molecule has 0 aliphatic carbocycles. The number of halogens is 1. The van der Waals surface area contributed by atoms with Crippen LogP contribution in [0.5, 0.6) is 0 Å². The first-order chi connectivity index (χ1) is 9.67. The minimum absolute atomic E-state index is 0.293. The SMILES string of the molecule is N#Cc1ccc(NC(=O)C=Cc2ccc(F)cc2)cc1. The summed E-state index contributed by atoms with van der Waals surface area (Å²) < 4.78 is 12.7. The lowest BCUT2D eigenvalue weighted by atomic mass is 10.2. The van der Waals surface area contributed by atoms with Gasteiger partial charge in [0, 0.05) is 11.8 Å². The van der Waals surface area contributed by atoms with Crippen LogP contribution in [-0.2, 0) is 4.79 Å². The second kappa shape index (κ2) is 6.30. The van der Waals surface area contributed by atoms with Crippen LogP contribution in [0.2, 0.25) is 0 Å². The summed E-state index contributed by atoms with van der Waals surface area (Å²) in [6.07, 6.45) is 2.96. The molecule has 3 nitrogen and oxygen atoms in total. The molecular formula is C16H11FN2O. The van der Waals surface area contributed by atoms with E-state index < -0.39 is 0 Å². The van der Waals surface area contributed by atoms with E-state index in [0.29, 0.717) is 11.3 Å². The van der Waals surface area contributed by atoms with Crippen molar-refractivity contribution >= 4 is 17.7 Å². The average molecular weight is 266 g/mol. The monoisotopic (exact) mass is 266 g/mol. The standard InChI is InChI=1S/C16H11FN2O/c17-14-6-1-12(2-7-14)5-10-16(20)19-15-8-3-13(11-18)4-9-15/h1-10H,(H,19,20). The topological polar surface area (TPSA) is 52.9 Å². The van der Waals surface area contributed by atoms with Gasteiger partial charge in [-0.05, 0) is 48.0 Å². The zero-order chi connectivity index (χ0) is 14.4. The van der Waals surface area contributed by atoms with Crippen molar-refractivity contribution in [2.75, 3.05) is 5.32 Å². The number of hydrogen-bond donors (Lipinski definition) is 1. The molecule has 0 saturated heterocycles. The fraction of sp³-hybridized carbons (Fsp3) is 0. The summed E-state index contributed by atoms with van der Waals surface area (Å²) in [5.41, 5.74) is 1.88. The number of rotatable bonds is 3. The smallest absolute Gasteiger partial charge is 0.248 e. The molecule has 2 aromatic carbocycles. The van der Waals surface area contributed by atoms with E-state index in [9.17, 15) is 9.18 Å². The number of hydrogen-bond acceptors (Lipinski definition) is 2. The zero-order valence-electron chi connectivity index (χ0n) is 10.5. The van der Waals surface area contributed by atoms with Gasteiger partial charge in [-0.3, -0.25) is 4.79 Å². The van der Waals surface area contributed by atoms with Gasteiger partial charge >= 0.3 is 0 Å². The third-order valence-electron chi connectivity index (χ3n) is 2.58. The van der Waals surface area contributed by atoms with Crippen molar-refractivity contribution in [2.45, 2.75) is 0 Å². The Bertz CT molecular complexity index is 667. The maximum absolute atomic E-state index is 12.7. The highest BCUT2D eigenvalue weighted by molar-refractivity contribution is 6.01. The van der Waals surface area contributed by atoms with Gasteiger partial charge in [0.15, 0.2) is 0 Å². The predicted molar refractivity (Wildman–Crippen MR) is 75.2 cm³/mol. The molecule has 0 fully saturated rings. The summed E-state index contributed by atoms with van der Waals surface area (Å²) in [5, 5.41) is 11.3. The second-order valence-electron chi connectivity index (χ2n) is 4.06. The van der Waals surface area contributed by atoms with Crippen LogP contribution in [0.1, 0.15) is 11.1 Å². The Morgan fingerprint density at radius 2 is 1.75 bits per heavy atom. The minimum atomic E-state index is -0.316. The summed E-state index contributed by atoms with van der Waals surface area (Å²) in [6.45, 7) is 0. The van der Waals surface area contributed by atoms with Crippen molar-refractivity contribution < 1.29 is 9.18 Å². The van der Waals surface area contributed by atoms with E-state index in [2.05, 4.69) is 5.32 Å². The second-order valence-corrected chi connectivity index (χ2v) is 4.06. The van der Waals surface area contributed by atoms with Gasteiger partial charge in [-0.15, -0.1) is 0 Å². The molecule has 0 heterocycles. The summed E-state index contributed by atoms with van der Waals surface area (Å²) in [7, 11) is 0. The molecule has 2 aromatic rings. The zero-order valence-corrected chi connectivity index (χ0v) is 10.5. The quantitative estimate of drug-likeness (QED) is 0.866. The molecule has 0 unspecified atom stereocenters. The Morgan fingerprint density at radius 1 is 1.10 bits per heavy atom. The van der Waals surface area contributed by atoms with E-state index in [0.717, 1.165) is 5.56 Å². The number of benzene rings is 2. The molecule has 0 spiro atoms.